The largest absolute Gasteiger partial charge is 0.481 e. The number of hydrogen-bond acceptors (Lipinski definition) is 3. The quantitative estimate of drug-likeness (QED) is 0.503. The third-order valence-corrected chi connectivity index (χ3v) is 0.400. The van der Waals surface area contributed by atoms with Gasteiger partial charge in [-0.1, -0.05) is 0 Å². The molecule has 0 fully saturated rings. The fourth-order valence-electron chi connectivity index (χ4n) is 0.213. The number of ketones is 1. The van der Waals surface area contributed by atoms with E-state index in [2.05, 4.69) is 5.73 Å². The molecule has 0 spiro atoms. The lowest BCUT2D eigenvalue weighted by atomic mass is 10.3. The maximum absolute atomic E-state index is 9.87. The maximum atomic E-state index is 9.87. The summed E-state index contributed by atoms with van der Waals surface area (Å²) in [6.07, 6.45) is -0.361. The molecule has 0 bridgehead atoms. The lowest BCUT2D eigenvalue weighted by Gasteiger charge is -1.80. The molecular formula is C5H11NO3. The molecule has 0 aromatic heterocycles. The second kappa shape index (κ2) is 7.10. The molecule has 0 atom stereocenters. The van der Waals surface area contributed by atoms with Crippen molar-refractivity contribution < 1.29 is 14.7 Å². The standard InChI is InChI=1S/C4H6O3.CH5N/c1-3(5)2-4(6)7;1-2/h2H2,1H3,(H,6,7);2H2,1H3. The Hall–Kier alpha value is -0.900. The van der Waals surface area contributed by atoms with Crippen LogP contribution in [0, 0.1) is 0 Å². The van der Waals surface area contributed by atoms with Gasteiger partial charge in [0.25, 0.3) is 0 Å². The smallest absolute Gasteiger partial charge is 0.310 e. The van der Waals surface area contributed by atoms with Crippen molar-refractivity contribution in [1.82, 2.24) is 0 Å². The predicted molar refractivity (Wildman–Crippen MR) is 33.0 cm³/mol. The normalized spacial score (nSPS) is 7.00. The van der Waals surface area contributed by atoms with Gasteiger partial charge >= 0.3 is 5.97 Å². The van der Waals surface area contributed by atoms with E-state index in [1.807, 2.05) is 0 Å². The summed E-state index contributed by atoms with van der Waals surface area (Å²) in [5, 5.41) is 7.86. The molecule has 0 unspecified atom stereocenters. The van der Waals surface area contributed by atoms with Crippen molar-refractivity contribution in [2.24, 2.45) is 5.73 Å². The number of carbonyl (C=O) groups excluding carboxylic acids is 1. The third-order valence-electron chi connectivity index (χ3n) is 0.400. The molecule has 3 N–H and O–H groups in total. The molecule has 0 aliphatic heterocycles. The van der Waals surface area contributed by atoms with Crippen LogP contribution in [0.2, 0.25) is 0 Å². The van der Waals surface area contributed by atoms with Crippen LogP contribution in [0.25, 0.3) is 0 Å². The highest BCUT2D eigenvalue weighted by atomic mass is 16.4. The van der Waals surface area contributed by atoms with Crippen molar-refractivity contribution in [1.29, 1.82) is 0 Å². The molecular weight excluding hydrogens is 122 g/mol. The molecule has 4 heteroatoms. The summed E-state index contributed by atoms with van der Waals surface area (Å²) >= 11 is 0. The molecule has 0 aliphatic rings. The minimum absolute atomic E-state index is 0.312. The summed E-state index contributed by atoms with van der Waals surface area (Å²) in [5.41, 5.74) is 4.50. The molecule has 0 aromatic rings. The Morgan fingerprint density at radius 1 is 1.44 bits per heavy atom. The first-order valence-corrected chi connectivity index (χ1v) is 2.42. The van der Waals surface area contributed by atoms with Crippen molar-refractivity contribution in [3.63, 3.8) is 0 Å². The topological polar surface area (TPSA) is 80.4 Å². The first-order chi connectivity index (χ1) is 4.13. The zero-order chi connectivity index (χ0) is 7.86. The number of Topliss-reactive ketones (excluding diaryl/α,β-unsaturated/α-hetero) is 1. The van der Waals surface area contributed by atoms with Gasteiger partial charge in [0.05, 0.1) is 0 Å². The van der Waals surface area contributed by atoms with Crippen molar-refractivity contribution in [2.75, 3.05) is 7.05 Å². The van der Waals surface area contributed by atoms with Crippen LogP contribution < -0.4 is 5.73 Å². The van der Waals surface area contributed by atoms with Crippen LogP contribution in [0.4, 0.5) is 0 Å². The highest BCUT2D eigenvalue weighted by molar-refractivity contribution is 5.93. The van der Waals surface area contributed by atoms with Crippen molar-refractivity contribution in [3.05, 3.63) is 0 Å². The van der Waals surface area contributed by atoms with Gasteiger partial charge in [-0.3, -0.25) is 9.59 Å². The van der Waals surface area contributed by atoms with Crippen LogP contribution >= 0.6 is 0 Å². The minimum Gasteiger partial charge on any atom is -0.481 e. The highest BCUT2D eigenvalue weighted by Gasteiger charge is 1.98. The van der Waals surface area contributed by atoms with Crippen LogP contribution in [0.3, 0.4) is 0 Å². The number of carboxylic acids is 1. The summed E-state index contributed by atoms with van der Waals surface area (Å²) in [7, 11) is 1.50. The molecule has 9 heavy (non-hydrogen) atoms. The van der Waals surface area contributed by atoms with Crippen molar-refractivity contribution >= 4 is 11.8 Å². The first kappa shape index (κ1) is 11.0. The van der Waals surface area contributed by atoms with E-state index in [0.29, 0.717) is 0 Å². The molecule has 0 amide bonds. The number of aliphatic carboxylic acids is 1. The van der Waals surface area contributed by atoms with Gasteiger partial charge in [0.1, 0.15) is 12.2 Å². The summed E-state index contributed by atoms with van der Waals surface area (Å²) in [6, 6.07) is 0. The number of carboxylic acid groups (broad SMARTS) is 1. The first-order valence-electron chi connectivity index (χ1n) is 2.42. The van der Waals surface area contributed by atoms with Gasteiger partial charge in [0.15, 0.2) is 0 Å². The Labute approximate surface area is 53.7 Å². The van der Waals surface area contributed by atoms with E-state index < -0.39 is 5.97 Å². The van der Waals surface area contributed by atoms with Crippen LogP contribution in [0.15, 0.2) is 0 Å². The average Bonchev–Trinajstić information content (AvgIpc) is 1.68. The molecule has 0 heterocycles. The minimum atomic E-state index is -1.06. The van der Waals surface area contributed by atoms with E-state index in [1.54, 1.807) is 0 Å². The highest BCUT2D eigenvalue weighted by Crippen LogP contribution is 1.77. The Kier molecular flexibility index (Phi) is 8.66. The zero-order valence-corrected chi connectivity index (χ0v) is 5.55. The van der Waals surface area contributed by atoms with E-state index in [0.717, 1.165) is 0 Å². The van der Waals surface area contributed by atoms with Gasteiger partial charge in [-0.15, -0.1) is 0 Å². The number of rotatable bonds is 2. The fraction of sp³-hybridized carbons (Fsp3) is 0.600. The third kappa shape index (κ3) is 19.2. The van der Waals surface area contributed by atoms with E-state index >= 15 is 0 Å². The van der Waals surface area contributed by atoms with E-state index in [1.165, 1.54) is 14.0 Å². The van der Waals surface area contributed by atoms with E-state index in [4.69, 9.17) is 5.11 Å². The molecule has 0 saturated heterocycles. The van der Waals surface area contributed by atoms with E-state index in [9.17, 15) is 9.59 Å². The van der Waals surface area contributed by atoms with Crippen molar-refractivity contribution in [3.8, 4) is 0 Å². The summed E-state index contributed by atoms with van der Waals surface area (Å²) in [4.78, 5) is 19.5. The Balaban J connectivity index is 0. The Morgan fingerprint density at radius 2 is 1.78 bits per heavy atom. The van der Waals surface area contributed by atoms with Gasteiger partial charge in [-0.05, 0) is 14.0 Å². The Morgan fingerprint density at radius 3 is 1.78 bits per heavy atom. The Bertz CT molecular complexity index is 88.4. The lowest BCUT2D eigenvalue weighted by Crippen LogP contribution is -2.00. The van der Waals surface area contributed by atoms with Crippen molar-refractivity contribution in [2.45, 2.75) is 13.3 Å². The molecule has 54 valence electrons. The van der Waals surface area contributed by atoms with Crippen LogP contribution in [0.1, 0.15) is 13.3 Å². The lowest BCUT2D eigenvalue weighted by molar-refractivity contribution is -0.139. The second-order valence-electron chi connectivity index (χ2n) is 1.27. The SMILES string of the molecule is CC(=O)CC(=O)O.CN. The number of nitrogens with two attached hydrogens (primary N) is 1. The summed E-state index contributed by atoms with van der Waals surface area (Å²) < 4.78 is 0. The predicted octanol–water partition coefficient (Wildman–Crippen LogP) is -0.375. The van der Waals surface area contributed by atoms with Crippen LogP contribution in [0.5, 0.6) is 0 Å². The molecule has 4 nitrogen and oxygen atoms in total. The molecule has 0 radical (unpaired) electrons. The maximum Gasteiger partial charge on any atom is 0.310 e. The van der Waals surface area contributed by atoms with Gasteiger partial charge in [-0.2, -0.15) is 0 Å². The second-order valence-corrected chi connectivity index (χ2v) is 1.27. The molecule has 0 aromatic carbocycles. The number of hydrogen-bond donors (Lipinski definition) is 2. The number of carbonyl (C=O) groups is 2. The molecule has 0 aliphatic carbocycles. The van der Waals surface area contributed by atoms with Crippen LogP contribution in [-0.4, -0.2) is 23.9 Å². The van der Waals surface area contributed by atoms with Gasteiger partial charge in [0.2, 0.25) is 0 Å². The van der Waals surface area contributed by atoms with E-state index in [-0.39, 0.29) is 12.2 Å². The van der Waals surface area contributed by atoms with Gasteiger partial charge < -0.3 is 10.8 Å². The zero-order valence-electron chi connectivity index (χ0n) is 5.55. The monoisotopic (exact) mass is 133 g/mol. The fourth-order valence-corrected chi connectivity index (χ4v) is 0.213. The summed E-state index contributed by atoms with van der Waals surface area (Å²) in [6.45, 7) is 1.24. The molecule has 0 saturated carbocycles. The van der Waals surface area contributed by atoms with Gasteiger partial charge in [-0.25, -0.2) is 0 Å². The summed E-state index contributed by atoms with van der Waals surface area (Å²) in [5.74, 6) is -1.37. The average molecular weight is 133 g/mol. The molecule has 0 rings (SSSR count). The van der Waals surface area contributed by atoms with Crippen LogP contribution in [-0.2, 0) is 9.59 Å². The van der Waals surface area contributed by atoms with Gasteiger partial charge in [0, 0.05) is 0 Å².